The largest absolute Gasteiger partial charge is 0.477 e. The molecule has 38 heavy (non-hydrogen) atoms. The number of hydrogen-bond acceptors (Lipinski definition) is 12. The number of amides is 2. The van der Waals surface area contributed by atoms with Gasteiger partial charge in [-0.1, -0.05) is 5.16 Å². The molecular formula is C20H23Cl2N7O7S2. The molecule has 2 amide bonds. The summed E-state index contributed by atoms with van der Waals surface area (Å²) in [5, 5.41) is 21.4. The SMILES string of the molecule is CC(=O)OCC1=C(C(=O)O)N2C(=O)[C@@H](NC(=O)/C(=N/OCc3ccn(C)n3)c3csc(N)n3)[C@H]2SC1.Cl.Cl. The summed E-state index contributed by atoms with van der Waals surface area (Å²) >= 11 is 2.34. The minimum atomic E-state index is -1.33. The van der Waals surface area contributed by atoms with E-state index in [2.05, 4.69) is 20.6 Å². The maximum atomic E-state index is 13.1. The number of hydrogen-bond donors (Lipinski definition) is 3. The molecule has 2 aromatic heterocycles. The number of nitrogen functional groups attached to an aromatic ring is 1. The number of fused-ring (bicyclic) bond motifs is 1. The molecule has 0 saturated carbocycles. The van der Waals surface area contributed by atoms with Crippen molar-refractivity contribution in [3.05, 3.63) is 40.3 Å². The molecule has 0 unspecified atom stereocenters. The van der Waals surface area contributed by atoms with Gasteiger partial charge in [0.05, 0.1) is 0 Å². The fraction of sp³-hybridized carbons (Fsp3) is 0.350. The molecule has 2 aromatic rings. The number of nitrogens with zero attached hydrogens (tertiary/aromatic N) is 5. The highest BCUT2D eigenvalue weighted by Crippen LogP contribution is 2.40. The summed E-state index contributed by atoms with van der Waals surface area (Å²) in [5.74, 6) is -3.06. The topological polar surface area (TPSA) is 191 Å². The number of rotatable bonds is 9. The molecule has 4 rings (SSSR count). The van der Waals surface area contributed by atoms with Crippen molar-refractivity contribution in [2.75, 3.05) is 18.1 Å². The zero-order chi connectivity index (χ0) is 26.0. The fourth-order valence-electron chi connectivity index (χ4n) is 3.50. The van der Waals surface area contributed by atoms with E-state index >= 15 is 0 Å². The lowest BCUT2D eigenvalue weighted by atomic mass is 10.0. The molecule has 18 heteroatoms. The molecule has 0 radical (unpaired) electrons. The summed E-state index contributed by atoms with van der Waals surface area (Å²) < 4.78 is 6.50. The van der Waals surface area contributed by atoms with E-state index in [0.29, 0.717) is 11.3 Å². The number of carboxylic acids is 1. The number of nitrogens with two attached hydrogens (primary N) is 1. The quantitative estimate of drug-likeness (QED) is 0.156. The number of thiazole rings is 1. The number of aryl methyl sites for hydroxylation is 1. The number of carbonyl (C=O) groups is 4. The number of anilines is 1. The van der Waals surface area contributed by atoms with E-state index in [1.165, 1.54) is 24.1 Å². The van der Waals surface area contributed by atoms with Crippen LogP contribution in [0.4, 0.5) is 5.13 Å². The van der Waals surface area contributed by atoms with Gasteiger partial charge in [-0.3, -0.25) is 24.0 Å². The number of thioether (sulfide) groups is 1. The number of oxime groups is 1. The number of carboxylic acid groups (broad SMARTS) is 1. The monoisotopic (exact) mass is 607 g/mol. The second kappa shape index (κ2) is 12.9. The van der Waals surface area contributed by atoms with Gasteiger partial charge in [-0.05, 0) is 6.07 Å². The molecule has 4 heterocycles. The first kappa shape index (κ1) is 30.9. The van der Waals surface area contributed by atoms with Gasteiger partial charge >= 0.3 is 11.9 Å². The number of aliphatic carboxylic acids is 1. The Kier molecular flexibility index (Phi) is 10.5. The van der Waals surface area contributed by atoms with Gasteiger partial charge in [-0.25, -0.2) is 9.78 Å². The molecule has 0 aromatic carbocycles. The van der Waals surface area contributed by atoms with Gasteiger partial charge in [0.1, 0.15) is 35.1 Å². The molecule has 1 fully saturated rings. The summed E-state index contributed by atoms with van der Waals surface area (Å²) in [6.07, 6.45) is 1.73. The summed E-state index contributed by atoms with van der Waals surface area (Å²) in [7, 11) is 1.75. The lowest BCUT2D eigenvalue weighted by Gasteiger charge is -2.49. The first-order valence-electron chi connectivity index (χ1n) is 10.4. The van der Waals surface area contributed by atoms with Crippen LogP contribution in [0.25, 0.3) is 0 Å². The van der Waals surface area contributed by atoms with Crippen LogP contribution in [0.5, 0.6) is 0 Å². The molecule has 1 saturated heterocycles. The van der Waals surface area contributed by atoms with E-state index in [1.54, 1.807) is 24.0 Å². The van der Waals surface area contributed by atoms with Crippen molar-refractivity contribution < 1.29 is 33.9 Å². The summed E-state index contributed by atoms with van der Waals surface area (Å²) in [6, 6.07) is 0.713. The number of aromatic nitrogens is 3. The minimum Gasteiger partial charge on any atom is -0.477 e. The van der Waals surface area contributed by atoms with Crippen molar-refractivity contribution in [2.45, 2.75) is 24.9 Å². The Bertz CT molecular complexity index is 1300. The smallest absolute Gasteiger partial charge is 0.352 e. The molecule has 2 aliphatic heterocycles. The molecule has 2 aliphatic rings. The first-order valence-corrected chi connectivity index (χ1v) is 12.3. The minimum absolute atomic E-state index is 0. The maximum Gasteiger partial charge on any atom is 0.352 e. The van der Waals surface area contributed by atoms with Crippen LogP contribution in [0.3, 0.4) is 0 Å². The van der Waals surface area contributed by atoms with Crippen molar-refractivity contribution in [2.24, 2.45) is 12.2 Å². The summed E-state index contributed by atoms with van der Waals surface area (Å²) in [4.78, 5) is 59.4. The third kappa shape index (κ3) is 6.56. The second-order valence-electron chi connectivity index (χ2n) is 7.66. The number of β-lactam (4-membered cyclic amide) rings is 1. The van der Waals surface area contributed by atoms with Gasteiger partial charge in [-0.2, -0.15) is 5.10 Å². The molecule has 2 atom stereocenters. The summed E-state index contributed by atoms with van der Waals surface area (Å²) in [6.45, 7) is 0.951. The van der Waals surface area contributed by atoms with Crippen molar-refractivity contribution in [1.82, 2.24) is 25.0 Å². The molecule has 0 bridgehead atoms. The van der Waals surface area contributed by atoms with E-state index in [9.17, 15) is 24.3 Å². The Morgan fingerprint density at radius 3 is 2.63 bits per heavy atom. The Morgan fingerprint density at radius 2 is 2.05 bits per heavy atom. The normalized spacial score (nSPS) is 18.4. The van der Waals surface area contributed by atoms with E-state index < -0.39 is 35.2 Å². The van der Waals surface area contributed by atoms with Crippen molar-refractivity contribution >= 4 is 82.5 Å². The number of halogens is 2. The zero-order valence-corrected chi connectivity index (χ0v) is 23.1. The average molecular weight is 608 g/mol. The van der Waals surface area contributed by atoms with Crippen LogP contribution in [-0.4, -0.2) is 78.0 Å². The Labute approximate surface area is 236 Å². The third-order valence-corrected chi connectivity index (χ3v) is 7.12. The van der Waals surface area contributed by atoms with Crippen LogP contribution < -0.4 is 11.1 Å². The van der Waals surface area contributed by atoms with Crippen LogP contribution in [-0.2, 0) is 42.4 Å². The standard InChI is InChI=1S/C20H21N7O7S2.2ClH/c1-9(28)33-5-10-7-35-18-14(17(30)27(18)15(10)19(31)32)23-16(29)13(12-8-36-20(21)22-12)25-34-6-11-3-4-26(2)24-11;;/h3-4,8,14,18H,5-7H2,1-2H3,(H2,21,22)(H,23,29)(H,31,32);2*1H/b25-13+;;/t14-,18-;;/m1../s1. The summed E-state index contributed by atoms with van der Waals surface area (Å²) in [5.41, 5.74) is 6.28. The van der Waals surface area contributed by atoms with E-state index in [4.69, 9.17) is 15.3 Å². The van der Waals surface area contributed by atoms with Gasteiger partial charge in [-0.15, -0.1) is 47.9 Å². The second-order valence-corrected chi connectivity index (χ2v) is 9.66. The van der Waals surface area contributed by atoms with E-state index in [1.807, 2.05) is 0 Å². The number of ether oxygens (including phenoxy) is 1. The Hall–Kier alpha value is -3.34. The fourth-order valence-corrected chi connectivity index (χ4v) is 5.37. The number of nitrogens with one attached hydrogen (secondary N) is 1. The van der Waals surface area contributed by atoms with Crippen LogP contribution in [0.1, 0.15) is 18.3 Å². The first-order chi connectivity index (χ1) is 17.2. The molecule has 0 spiro atoms. The Morgan fingerprint density at radius 1 is 1.32 bits per heavy atom. The van der Waals surface area contributed by atoms with Gasteiger partial charge in [0.15, 0.2) is 17.5 Å². The van der Waals surface area contributed by atoms with Gasteiger partial charge < -0.3 is 25.7 Å². The molecule has 206 valence electrons. The van der Waals surface area contributed by atoms with Gasteiger partial charge in [0, 0.05) is 36.9 Å². The lowest BCUT2D eigenvalue weighted by molar-refractivity contribution is -0.150. The van der Waals surface area contributed by atoms with Crippen molar-refractivity contribution in [1.29, 1.82) is 0 Å². The van der Waals surface area contributed by atoms with E-state index in [0.717, 1.165) is 16.2 Å². The van der Waals surface area contributed by atoms with Crippen LogP contribution in [0.15, 0.2) is 34.1 Å². The van der Waals surface area contributed by atoms with Gasteiger partial charge in [0.25, 0.3) is 11.8 Å². The lowest BCUT2D eigenvalue weighted by Crippen LogP contribution is -2.71. The molecule has 14 nitrogen and oxygen atoms in total. The Balaban J connectivity index is 0.00000253. The van der Waals surface area contributed by atoms with Crippen molar-refractivity contribution in [3.8, 4) is 0 Å². The number of esters is 1. The maximum absolute atomic E-state index is 13.1. The predicted molar refractivity (Wildman–Crippen MR) is 142 cm³/mol. The molecule has 4 N–H and O–H groups in total. The van der Waals surface area contributed by atoms with Crippen LogP contribution >= 0.6 is 47.9 Å². The highest BCUT2D eigenvalue weighted by Gasteiger charge is 2.54. The third-order valence-electron chi connectivity index (χ3n) is 5.10. The highest BCUT2D eigenvalue weighted by molar-refractivity contribution is 8.00. The van der Waals surface area contributed by atoms with Crippen LogP contribution in [0.2, 0.25) is 0 Å². The average Bonchev–Trinajstić information content (AvgIpc) is 3.45. The van der Waals surface area contributed by atoms with Crippen molar-refractivity contribution in [3.63, 3.8) is 0 Å². The van der Waals surface area contributed by atoms with E-state index in [-0.39, 0.29) is 66.0 Å². The van der Waals surface area contributed by atoms with Crippen LogP contribution in [0, 0.1) is 0 Å². The van der Waals surface area contributed by atoms with Gasteiger partial charge in [0.2, 0.25) is 0 Å². The predicted octanol–water partition coefficient (Wildman–Crippen LogP) is 0.525. The zero-order valence-electron chi connectivity index (χ0n) is 19.9. The molecule has 0 aliphatic carbocycles. The molecular weight excluding hydrogens is 585 g/mol. The number of carbonyl (C=O) groups excluding carboxylic acids is 3. The highest BCUT2D eigenvalue weighted by atomic mass is 35.5.